The number of aromatic carboxylic acids is 1. The summed E-state index contributed by atoms with van der Waals surface area (Å²) in [6, 6.07) is 15.4. The first kappa shape index (κ1) is 25.1. The molecule has 0 bridgehead atoms. The van der Waals surface area contributed by atoms with Gasteiger partial charge >= 0.3 is 5.97 Å². The van der Waals surface area contributed by atoms with Crippen molar-refractivity contribution in [3.63, 3.8) is 0 Å². The van der Waals surface area contributed by atoms with E-state index in [-0.39, 0.29) is 18.5 Å². The van der Waals surface area contributed by atoms with Crippen LogP contribution < -0.4 is 0 Å². The molecule has 0 aliphatic rings. The summed E-state index contributed by atoms with van der Waals surface area (Å²) in [6.07, 6.45) is 3.58. The number of aromatic nitrogens is 2. The predicted molar refractivity (Wildman–Crippen MR) is 115 cm³/mol. The second-order valence-electron chi connectivity index (χ2n) is 6.49. The van der Waals surface area contributed by atoms with Gasteiger partial charge < -0.3 is 24.8 Å². The van der Waals surface area contributed by atoms with Gasteiger partial charge in [-0.1, -0.05) is 42.5 Å². The number of rotatable bonds is 6. The molecule has 0 amide bonds. The summed E-state index contributed by atoms with van der Waals surface area (Å²) in [5.74, 6) is -0.284. The van der Waals surface area contributed by atoms with E-state index >= 15 is 0 Å². The normalized spacial score (nSPS) is 9.65. The van der Waals surface area contributed by atoms with Crippen molar-refractivity contribution < 1.29 is 29.7 Å². The number of hydrogen-bond donors (Lipinski definition) is 3. The van der Waals surface area contributed by atoms with Crippen molar-refractivity contribution in [2.45, 2.75) is 13.1 Å². The molecule has 0 radical (unpaired) electrons. The van der Waals surface area contributed by atoms with Gasteiger partial charge in [0.2, 0.25) is 0 Å². The van der Waals surface area contributed by atoms with Crippen LogP contribution in [0.15, 0.2) is 60.9 Å². The first-order valence-corrected chi connectivity index (χ1v) is 9.10. The van der Waals surface area contributed by atoms with Gasteiger partial charge in [0.1, 0.15) is 5.82 Å². The molecule has 0 fully saturated rings. The zero-order valence-electron chi connectivity index (χ0n) is 17.3. The molecule has 9 heteroatoms. The third-order valence-electron chi connectivity index (χ3n) is 3.99. The van der Waals surface area contributed by atoms with Crippen molar-refractivity contribution in [2.75, 3.05) is 14.1 Å². The van der Waals surface area contributed by atoms with E-state index in [1.807, 2.05) is 30.9 Å². The van der Waals surface area contributed by atoms with Crippen LogP contribution in [0.25, 0.3) is 11.4 Å². The molecule has 164 valence electrons. The molecular formula is C22H25N3O6. The lowest BCUT2D eigenvalue weighted by Crippen LogP contribution is -2.10. The van der Waals surface area contributed by atoms with Gasteiger partial charge in [-0.05, 0) is 31.3 Å². The maximum atomic E-state index is 11.5. The molecule has 0 saturated heterocycles. The lowest BCUT2D eigenvalue weighted by atomic mass is 10.1. The highest BCUT2D eigenvalue weighted by molar-refractivity contribution is 5.95. The maximum Gasteiger partial charge on any atom is 0.336 e. The van der Waals surface area contributed by atoms with E-state index in [0.29, 0.717) is 17.9 Å². The van der Waals surface area contributed by atoms with Gasteiger partial charge in [-0.3, -0.25) is 9.59 Å². The molecule has 2 aromatic carbocycles. The third-order valence-corrected chi connectivity index (χ3v) is 3.99. The van der Waals surface area contributed by atoms with E-state index in [0.717, 1.165) is 12.1 Å². The zero-order chi connectivity index (χ0) is 23.2. The summed E-state index contributed by atoms with van der Waals surface area (Å²) >= 11 is 0. The van der Waals surface area contributed by atoms with Crippen LogP contribution in [0.5, 0.6) is 0 Å². The Bertz CT molecular complexity index is 961. The molecule has 0 unspecified atom stereocenters. The maximum absolute atomic E-state index is 11.5. The molecule has 1 aromatic heterocycles. The van der Waals surface area contributed by atoms with Gasteiger partial charge in [-0.2, -0.15) is 0 Å². The lowest BCUT2D eigenvalue weighted by molar-refractivity contribution is -0.123. The Kier molecular flexibility index (Phi) is 10.7. The Balaban J connectivity index is 0.000000720. The highest BCUT2D eigenvalue weighted by Gasteiger charge is 2.15. The second kappa shape index (κ2) is 13.3. The van der Waals surface area contributed by atoms with Gasteiger partial charge in [0.05, 0.1) is 5.56 Å². The van der Waals surface area contributed by atoms with E-state index < -0.39 is 5.97 Å². The zero-order valence-corrected chi connectivity index (χ0v) is 17.3. The van der Waals surface area contributed by atoms with Gasteiger partial charge in [-0.25, -0.2) is 9.78 Å². The SMILES string of the molecule is CN(C)Cc1ccc(Cn2ccnc2-c2ccccc2C(=O)O)cc1.O=CO.O=CO. The van der Waals surface area contributed by atoms with Crippen LogP contribution in [0.2, 0.25) is 0 Å². The van der Waals surface area contributed by atoms with Gasteiger partial charge in [0, 0.05) is 31.0 Å². The minimum atomic E-state index is -0.946. The van der Waals surface area contributed by atoms with Crippen LogP contribution >= 0.6 is 0 Å². The highest BCUT2D eigenvalue weighted by Crippen LogP contribution is 2.23. The Morgan fingerprint density at radius 2 is 1.55 bits per heavy atom. The molecule has 0 aliphatic heterocycles. The van der Waals surface area contributed by atoms with E-state index in [4.69, 9.17) is 19.8 Å². The molecule has 9 nitrogen and oxygen atoms in total. The number of nitrogens with zero attached hydrogens (tertiary/aromatic N) is 3. The monoisotopic (exact) mass is 427 g/mol. The molecule has 3 rings (SSSR count). The summed E-state index contributed by atoms with van der Waals surface area (Å²) < 4.78 is 1.97. The molecule has 0 aliphatic carbocycles. The fourth-order valence-corrected chi connectivity index (χ4v) is 2.86. The summed E-state index contributed by atoms with van der Waals surface area (Å²) in [6.45, 7) is 1.05. The molecule has 3 N–H and O–H groups in total. The number of carbonyl (C=O) groups is 3. The van der Waals surface area contributed by atoms with Crippen molar-refractivity contribution in [3.8, 4) is 11.4 Å². The summed E-state index contributed by atoms with van der Waals surface area (Å²) in [5, 5.41) is 23.2. The molecular weight excluding hydrogens is 402 g/mol. The van der Waals surface area contributed by atoms with Gasteiger partial charge in [0.25, 0.3) is 12.9 Å². The average molecular weight is 427 g/mol. The average Bonchev–Trinajstić information content (AvgIpc) is 3.18. The van der Waals surface area contributed by atoms with Gasteiger partial charge in [-0.15, -0.1) is 0 Å². The second-order valence-corrected chi connectivity index (χ2v) is 6.49. The van der Waals surface area contributed by atoms with E-state index in [1.54, 1.807) is 24.4 Å². The molecule has 0 spiro atoms. The van der Waals surface area contributed by atoms with E-state index in [9.17, 15) is 9.90 Å². The Morgan fingerprint density at radius 1 is 1.00 bits per heavy atom. The third kappa shape index (κ3) is 8.11. The standard InChI is InChI=1S/C20H21N3O2.2CH2O2/c1-22(2)13-15-7-9-16(10-8-15)14-23-12-11-21-19(23)17-5-3-4-6-18(17)20(24)25;2*2-1-3/h3-12H,13-14H2,1-2H3,(H,24,25);2*1H,(H,2,3). The van der Waals surface area contributed by atoms with Crippen LogP contribution in [-0.4, -0.2) is 62.8 Å². The van der Waals surface area contributed by atoms with E-state index in [2.05, 4.69) is 34.1 Å². The highest BCUT2D eigenvalue weighted by atomic mass is 16.4. The Labute approximate surface area is 179 Å². The molecule has 31 heavy (non-hydrogen) atoms. The van der Waals surface area contributed by atoms with E-state index in [1.165, 1.54) is 5.56 Å². The summed E-state index contributed by atoms with van der Waals surface area (Å²) in [5.41, 5.74) is 3.30. The predicted octanol–water partition coefficient (Wildman–Crippen LogP) is 2.76. The number of imidazole rings is 1. The number of hydrogen-bond acceptors (Lipinski definition) is 5. The molecule has 0 atom stereocenters. The quantitative estimate of drug-likeness (QED) is 0.512. The van der Waals surface area contributed by atoms with Crippen molar-refractivity contribution >= 4 is 18.9 Å². The summed E-state index contributed by atoms with van der Waals surface area (Å²) in [7, 11) is 4.09. The number of carboxylic acid groups (broad SMARTS) is 3. The van der Waals surface area contributed by atoms with Crippen molar-refractivity contribution in [2.24, 2.45) is 0 Å². The first-order valence-electron chi connectivity index (χ1n) is 9.10. The minimum absolute atomic E-state index is 0.250. The van der Waals surface area contributed by atoms with Crippen LogP contribution in [0.4, 0.5) is 0 Å². The van der Waals surface area contributed by atoms with Gasteiger partial charge in [0.15, 0.2) is 0 Å². The summed E-state index contributed by atoms with van der Waals surface area (Å²) in [4.78, 5) is 34.7. The molecule has 0 saturated carbocycles. The topological polar surface area (TPSA) is 133 Å². The lowest BCUT2D eigenvalue weighted by Gasteiger charge is -2.12. The molecule has 3 aromatic rings. The first-order chi connectivity index (χ1) is 14.9. The van der Waals surface area contributed by atoms with Crippen molar-refractivity contribution in [1.82, 2.24) is 14.5 Å². The van der Waals surface area contributed by atoms with Crippen molar-refractivity contribution in [3.05, 3.63) is 77.6 Å². The van der Waals surface area contributed by atoms with Crippen LogP contribution in [0, 0.1) is 0 Å². The van der Waals surface area contributed by atoms with Crippen LogP contribution in [-0.2, 0) is 22.7 Å². The fourth-order valence-electron chi connectivity index (χ4n) is 2.86. The van der Waals surface area contributed by atoms with Crippen LogP contribution in [0.1, 0.15) is 21.5 Å². The minimum Gasteiger partial charge on any atom is -0.483 e. The molecule has 1 heterocycles. The Hall–Kier alpha value is -3.98. The smallest absolute Gasteiger partial charge is 0.336 e. The fraction of sp³-hybridized carbons (Fsp3) is 0.182. The largest absolute Gasteiger partial charge is 0.483 e. The van der Waals surface area contributed by atoms with Crippen LogP contribution in [0.3, 0.4) is 0 Å². The number of carboxylic acids is 1. The van der Waals surface area contributed by atoms with Crippen molar-refractivity contribution in [1.29, 1.82) is 0 Å². The number of benzene rings is 2. The Morgan fingerprint density at radius 3 is 2.10 bits per heavy atom.